The van der Waals surface area contributed by atoms with E-state index in [9.17, 15) is 0 Å². The van der Waals surface area contributed by atoms with Gasteiger partial charge in [0.1, 0.15) is 11.5 Å². The topological polar surface area (TPSA) is 50.7 Å². The molecule has 5 heteroatoms. The zero-order chi connectivity index (χ0) is 14.5. The van der Waals surface area contributed by atoms with Crippen LogP contribution >= 0.6 is 22.6 Å². The van der Waals surface area contributed by atoms with Gasteiger partial charge in [-0.15, -0.1) is 0 Å². The van der Waals surface area contributed by atoms with Crippen molar-refractivity contribution in [3.8, 4) is 11.5 Å². The number of pyridine rings is 1. The normalized spacial score (nSPS) is 10.6. The maximum Gasteiger partial charge on any atom is 0.180 e. The van der Waals surface area contributed by atoms with Crippen LogP contribution in [0.25, 0.3) is 11.5 Å². The van der Waals surface area contributed by atoms with Crippen molar-refractivity contribution < 1.29 is 0 Å². The average Bonchev–Trinajstić information content (AvgIpc) is 2.47. The molecule has 0 fully saturated rings. The van der Waals surface area contributed by atoms with Crippen LogP contribution in [0.5, 0.6) is 0 Å². The van der Waals surface area contributed by atoms with E-state index in [-0.39, 0.29) is 0 Å². The number of aromatic nitrogens is 3. The zero-order valence-corrected chi connectivity index (χ0v) is 14.2. The van der Waals surface area contributed by atoms with Crippen molar-refractivity contribution in [3.63, 3.8) is 0 Å². The summed E-state index contributed by atoms with van der Waals surface area (Å²) in [7, 11) is 0. The maximum atomic E-state index is 4.64. The summed E-state index contributed by atoms with van der Waals surface area (Å²) in [5.74, 6) is 1.61. The monoisotopic (exact) mass is 382 g/mol. The Morgan fingerprint density at radius 3 is 2.60 bits per heavy atom. The van der Waals surface area contributed by atoms with E-state index in [4.69, 9.17) is 0 Å². The highest BCUT2D eigenvalue weighted by molar-refractivity contribution is 14.1. The van der Waals surface area contributed by atoms with E-state index in [0.717, 1.165) is 45.7 Å². The van der Waals surface area contributed by atoms with Crippen LogP contribution in [0.4, 0.5) is 5.82 Å². The van der Waals surface area contributed by atoms with Gasteiger partial charge in [0.25, 0.3) is 0 Å². The van der Waals surface area contributed by atoms with Gasteiger partial charge < -0.3 is 5.32 Å². The Kier molecular flexibility index (Phi) is 5.28. The molecule has 0 atom stereocenters. The molecular weight excluding hydrogens is 363 g/mol. The third-order valence-electron chi connectivity index (χ3n) is 2.94. The first-order valence-electron chi connectivity index (χ1n) is 6.89. The lowest BCUT2D eigenvalue weighted by Gasteiger charge is -2.11. The van der Waals surface area contributed by atoms with E-state index in [0.29, 0.717) is 5.82 Å². The van der Waals surface area contributed by atoms with Crippen LogP contribution in [0.2, 0.25) is 0 Å². The van der Waals surface area contributed by atoms with Crippen molar-refractivity contribution in [2.24, 2.45) is 0 Å². The van der Waals surface area contributed by atoms with Crippen LogP contribution in [-0.4, -0.2) is 21.5 Å². The van der Waals surface area contributed by atoms with Crippen molar-refractivity contribution in [2.45, 2.75) is 33.6 Å². The molecule has 0 aliphatic rings. The van der Waals surface area contributed by atoms with Crippen molar-refractivity contribution >= 4 is 28.4 Å². The first-order valence-corrected chi connectivity index (χ1v) is 7.96. The first kappa shape index (κ1) is 15.2. The highest BCUT2D eigenvalue weighted by Crippen LogP contribution is 2.23. The van der Waals surface area contributed by atoms with Gasteiger partial charge in [-0.2, -0.15) is 0 Å². The number of anilines is 1. The summed E-state index contributed by atoms with van der Waals surface area (Å²) >= 11 is 2.31. The quantitative estimate of drug-likeness (QED) is 0.799. The molecule has 2 aromatic rings. The third-order valence-corrected chi connectivity index (χ3v) is 4.07. The van der Waals surface area contributed by atoms with Crippen LogP contribution in [0.1, 0.15) is 31.5 Å². The van der Waals surface area contributed by atoms with E-state index in [1.54, 1.807) is 0 Å². The molecule has 0 saturated heterocycles. The molecule has 0 aromatic carbocycles. The number of hydrogen-bond donors (Lipinski definition) is 1. The van der Waals surface area contributed by atoms with Crippen LogP contribution in [0, 0.1) is 10.5 Å². The smallest absolute Gasteiger partial charge is 0.180 e. The summed E-state index contributed by atoms with van der Waals surface area (Å²) in [6.07, 6.45) is 3.81. The molecule has 0 aliphatic heterocycles. The van der Waals surface area contributed by atoms with Crippen LogP contribution < -0.4 is 5.32 Å². The molecule has 2 rings (SSSR count). The molecule has 0 radical (unpaired) electrons. The molecule has 0 unspecified atom stereocenters. The molecule has 2 heterocycles. The van der Waals surface area contributed by atoms with E-state index < -0.39 is 0 Å². The van der Waals surface area contributed by atoms with E-state index in [1.165, 1.54) is 0 Å². The van der Waals surface area contributed by atoms with Gasteiger partial charge in [0.2, 0.25) is 0 Å². The summed E-state index contributed by atoms with van der Waals surface area (Å²) in [4.78, 5) is 13.7. The van der Waals surface area contributed by atoms with Crippen molar-refractivity contribution in [3.05, 3.63) is 33.2 Å². The van der Waals surface area contributed by atoms with Gasteiger partial charge in [0.15, 0.2) is 5.82 Å². The van der Waals surface area contributed by atoms with E-state index in [2.05, 4.69) is 56.7 Å². The molecular formula is C15H19IN4. The second kappa shape index (κ2) is 6.97. The fraction of sp³-hybridized carbons (Fsp3) is 0.400. The van der Waals surface area contributed by atoms with Crippen LogP contribution in [0.15, 0.2) is 18.3 Å². The van der Waals surface area contributed by atoms with Gasteiger partial charge in [0, 0.05) is 12.7 Å². The zero-order valence-electron chi connectivity index (χ0n) is 12.1. The number of halogens is 1. The van der Waals surface area contributed by atoms with Crippen molar-refractivity contribution in [2.75, 3.05) is 11.9 Å². The summed E-state index contributed by atoms with van der Waals surface area (Å²) in [5, 5.41) is 3.37. The largest absolute Gasteiger partial charge is 0.369 e. The van der Waals surface area contributed by atoms with Gasteiger partial charge in [-0.25, -0.2) is 9.97 Å². The average molecular weight is 382 g/mol. The fourth-order valence-electron chi connectivity index (χ4n) is 1.80. The number of aryl methyl sites for hydroxylation is 2. The van der Waals surface area contributed by atoms with Gasteiger partial charge in [-0.3, -0.25) is 4.98 Å². The molecule has 1 N–H and O–H groups in total. The predicted molar refractivity (Wildman–Crippen MR) is 90.9 cm³/mol. The number of hydrogen-bond acceptors (Lipinski definition) is 4. The molecule has 20 heavy (non-hydrogen) atoms. The number of nitrogens with one attached hydrogen (secondary N) is 1. The molecule has 2 aromatic heterocycles. The molecule has 106 valence electrons. The Morgan fingerprint density at radius 2 is 2.00 bits per heavy atom. The fourth-order valence-corrected chi connectivity index (χ4v) is 2.62. The summed E-state index contributed by atoms with van der Waals surface area (Å²) in [6.45, 7) is 7.19. The Morgan fingerprint density at radius 1 is 1.20 bits per heavy atom. The van der Waals surface area contributed by atoms with Crippen molar-refractivity contribution in [1.29, 1.82) is 0 Å². The SMILES string of the molecule is CCCNc1nc(-c2ccc(C)cn2)nc(CC)c1I. The molecule has 0 spiro atoms. The Labute approximate surface area is 133 Å². The van der Waals surface area contributed by atoms with Gasteiger partial charge in [-0.05, 0) is 54.0 Å². The lowest BCUT2D eigenvalue weighted by atomic mass is 10.2. The first-order chi connectivity index (χ1) is 9.65. The Balaban J connectivity index is 2.44. The lowest BCUT2D eigenvalue weighted by Crippen LogP contribution is -2.09. The van der Waals surface area contributed by atoms with E-state index >= 15 is 0 Å². The standard InChI is InChI=1S/C15H19IN4/c1-4-8-17-15-13(16)11(5-2)19-14(20-15)12-7-6-10(3)9-18-12/h6-7,9H,4-5,8H2,1-3H3,(H,17,19,20). The number of nitrogens with zero attached hydrogens (tertiary/aromatic N) is 3. The van der Waals surface area contributed by atoms with Gasteiger partial charge in [-0.1, -0.05) is 19.9 Å². The second-order valence-corrected chi connectivity index (χ2v) is 5.74. The lowest BCUT2D eigenvalue weighted by molar-refractivity contribution is 0.940. The predicted octanol–water partition coefficient (Wildman–Crippen LogP) is 3.84. The molecule has 0 bridgehead atoms. The summed E-state index contributed by atoms with van der Waals surface area (Å²) in [5.41, 5.74) is 3.03. The van der Waals surface area contributed by atoms with Crippen molar-refractivity contribution in [1.82, 2.24) is 15.0 Å². The Bertz CT molecular complexity index is 581. The van der Waals surface area contributed by atoms with E-state index in [1.807, 2.05) is 25.3 Å². The molecule has 0 amide bonds. The van der Waals surface area contributed by atoms with Gasteiger partial charge in [0.05, 0.1) is 9.26 Å². The molecule has 0 saturated carbocycles. The molecule has 4 nitrogen and oxygen atoms in total. The number of rotatable bonds is 5. The minimum Gasteiger partial charge on any atom is -0.369 e. The summed E-state index contributed by atoms with van der Waals surface area (Å²) in [6, 6.07) is 4.01. The maximum absolute atomic E-state index is 4.64. The minimum absolute atomic E-state index is 0.695. The summed E-state index contributed by atoms with van der Waals surface area (Å²) < 4.78 is 1.11. The highest BCUT2D eigenvalue weighted by atomic mass is 127. The highest BCUT2D eigenvalue weighted by Gasteiger charge is 2.12. The van der Waals surface area contributed by atoms with Gasteiger partial charge >= 0.3 is 0 Å². The third kappa shape index (κ3) is 3.45. The van der Waals surface area contributed by atoms with Crippen LogP contribution in [-0.2, 0) is 6.42 Å². The second-order valence-electron chi connectivity index (χ2n) is 4.66. The Hall–Kier alpha value is -1.24. The molecule has 0 aliphatic carbocycles. The minimum atomic E-state index is 0.695. The van der Waals surface area contributed by atoms with Crippen LogP contribution in [0.3, 0.4) is 0 Å².